The van der Waals surface area contributed by atoms with Gasteiger partial charge in [-0.25, -0.2) is 0 Å². The van der Waals surface area contributed by atoms with Gasteiger partial charge in [0.05, 0.1) is 11.8 Å². The first-order valence-electron chi connectivity index (χ1n) is 9.20. The highest BCUT2D eigenvalue weighted by molar-refractivity contribution is 5.97. The summed E-state index contributed by atoms with van der Waals surface area (Å²) >= 11 is 0. The zero-order valence-corrected chi connectivity index (χ0v) is 16.3. The van der Waals surface area contributed by atoms with E-state index in [1.165, 1.54) is 5.56 Å². The number of rotatable bonds is 5. The van der Waals surface area contributed by atoms with Crippen molar-refractivity contribution < 1.29 is 9.21 Å². The van der Waals surface area contributed by atoms with E-state index in [-0.39, 0.29) is 11.3 Å². The number of benzene rings is 1. The summed E-state index contributed by atoms with van der Waals surface area (Å²) < 4.78 is 7.54. The fourth-order valence-corrected chi connectivity index (χ4v) is 3.02. The molecule has 1 N–H and O–H groups in total. The molecular weight excluding hydrogens is 324 g/mol. The second kappa shape index (κ2) is 7.02. The van der Waals surface area contributed by atoms with Crippen LogP contribution in [0.15, 0.2) is 47.1 Å². The van der Waals surface area contributed by atoms with Gasteiger partial charge in [-0.3, -0.25) is 4.79 Å². The van der Waals surface area contributed by atoms with Crippen LogP contribution in [0.5, 0.6) is 0 Å². The van der Waals surface area contributed by atoms with Gasteiger partial charge in [-0.15, -0.1) is 0 Å². The molecule has 26 heavy (non-hydrogen) atoms. The van der Waals surface area contributed by atoms with Crippen LogP contribution in [0, 0.1) is 5.92 Å². The number of fused-ring (bicyclic) bond motifs is 1. The third-order valence-corrected chi connectivity index (χ3v) is 4.59. The van der Waals surface area contributed by atoms with Gasteiger partial charge in [0.15, 0.2) is 5.58 Å². The molecule has 0 bridgehead atoms. The number of hydrogen-bond donors (Lipinski definition) is 1. The molecule has 4 heteroatoms. The van der Waals surface area contributed by atoms with Crippen molar-refractivity contribution in [1.29, 1.82) is 0 Å². The summed E-state index contributed by atoms with van der Waals surface area (Å²) in [4.78, 5) is 12.6. The van der Waals surface area contributed by atoms with Crippen molar-refractivity contribution in [2.45, 2.75) is 46.6 Å². The zero-order valence-electron chi connectivity index (χ0n) is 16.3. The molecule has 3 rings (SSSR count). The number of carbonyl (C=O) groups excluding carboxylic acids is 1. The van der Waals surface area contributed by atoms with Crippen molar-refractivity contribution in [2.75, 3.05) is 6.54 Å². The van der Waals surface area contributed by atoms with Gasteiger partial charge in [0, 0.05) is 25.2 Å². The normalized spacial score (nSPS) is 12.1. The third-order valence-electron chi connectivity index (χ3n) is 4.59. The largest absolute Gasteiger partial charge is 0.463 e. The van der Waals surface area contributed by atoms with Crippen LogP contribution < -0.4 is 5.32 Å². The SMILES string of the molecule is CC(C)CNC(=O)c1cc2occc2n1Cc1ccc(C(C)(C)C)cc1. The van der Waals surface area contributed by atoms with Crippen LogP contribution in [-0.2, 0) is 12.0 Å². The predicted molar refractivity (Wildman–Crippen MR) is 106 cm³/mol. The minimum absolute atomic E-state index is 0.0589. The molecule has 0 atom stereocenters. The van der Waals surface area contributed by atoms with E-state index in [1.807, 2.05) is 16.7 Å². The Morgan fingerprint density at radius 1 is 1.15 bits per heavy atom. The highest BCUT2D eigenvalue weighted by atomic mass is 16.3. The van der Waals surface area contributed by atoms with Crippen LogP contribution in [0.1, 0.15) is 56.2 Å². The number of amides is 1. The highest BCUT2D eigenvalue weighted by Gasteiger charge is 2.18. The molecule has 3 aromatic rings. The van der Waals surface area contributed by atoms with Crippen LogP contribution in [0.25, 0.3) is 11.1 Å². The summed E-state index contributed by atoms with van der Waals surface area (Å²) in [7, 11) is 0. The Kier molecular flexibility index (Phi) is 4.94. The van der Waals surface area contributed by atoms with Crippen molar-refractivity contribution >= 4 is 17.0 Å². The van der Waals surface area contributed by atoms with Crippen molar-refractivity contribution in [3.63, 3.8) is 0 Å². The van der Waals surface area contributed by atoms with E-state index in [4.69, 9.17) is 4.42 Å². The molecule has 0 fully saturated rings. The number of hydrogen-bond acceptors (Lipinski definition) is 2. The molecule has 0 radical (unpaired) electrons. The summed E-state index contributed by atoms with van der Waals surface area (Å²) in [6, 6.07) is 12.4. The van der Waals surface area contributed by atoms with E-state index in [2.05, 4.69) is 64.2 Å². The summed E-state index contributed by atoms with van der Waals surface area (Å²) in [5.74, 6) is 0.353. The molecule has 138 valence electrons. The average Bonchev–Trinajstić information content (AvgIpc) is 3.15. The topological polar surface area (TPSA) is 47.2 Å². The minimum atomic E-state index is -0.0589. The van der Waals surface area contributed by atoms with Gasteiger partial charge in [-0.1, -0.05) is 58.9 Å². The van der Waals surface area contributed by atoms with Crippen LogP contribution >= 0.6 is 0 Å². The maximum absolute atomic E-state index is 12.6. The van der Waals surface area contributed by atoms with Crippen LogP contribution in [0.4, 0.5) is 0 Å². The Labute approximate surface area is 155 Å². The molecular formula is C22H28N2O2. The maximum atomic E-state index is 12.6. The number of carbonyl (C=O) groups is 1. The fraction of sp³-hybridized carbons (Fsp3) is 0.409. The van der Waals surface area contributed by atoms with E-state index in [0.717, 1.165) is 16.7 Å². The molecule has 0 spiro atoms. The molecule has 0 saturated heterocycles. The molecule has 4 nitrogen and oxygen atoms in total. The van der Waals surface area contributed by atoms with Gasteiger partial charge in [0.1, 0.15) is 5.69 Å². The molecule has 2 aromatic heterocycles. The van der Waals surface area contributed by atoms with Gasteiger partial charge in [0.25, 0.3) is 5.91 Å². The standard InChI is InChI=1S/C22H28N2O2/c1-15(2)13-23-21(25)19-12-20-18(10-11-26-20)24(19)14-16-6-8-17(9-7-16)22(3,4)5/h6-12,15H,13-14H2,1-5H3,(H,23,25). The van der Waals surface area contributed by atoms with E-state index in [0.29, 0.717) is 24.7 Å². The van der Waals surface area contributed by atoms with Gasteiger partial charge in [-0.2, -0.15) is 0 Å². The number of furan rings is 1. The smallest absolute Gasteiger partial charge is 0.268 e. The number of aromatic nitrogens is 1. The highest BCUT2D eigenvalue weighted by Crippen LogP contribution is 2.25. The van der Waals surface area contributed by atoms with Gasteiger partial charge in [0.2, 0.25) is 0 Å². The molecule has 0 aliphatic carbocycles. The third kappa shape index (κ3) is 3.85. The quantitative estimate of drug-likeness (QED) is 0.705. The van der Waals surface area contributed by atoms with Crippen molar-refractivity contribution in [3.05, 3.63) is 59.5 Å². The fourth-order valence-electron chi connectivity index (χ4n) is 3.02. The lowest BCUT2D eigenvalue weighted by Crippen LogP contribution is -2.29. The second-order valence-corrected chi connectivity index (χ2v) is 8.34. The lowest BCUT2D eigenvalue weighted by Gasteiger charge is -2.19. The molecule has 0 saturated carbocycles. The maximum Gasteiger partial charge on any atom is 0.268 e. The molecule has 2 heterocycles. The Morgan fingerprint density at radius 2 is 1.85 bits per heavy atom. The summed E-state index contributed by atoms with van der Waals surface area (Å²) in [6.45, 7) is 12.1. The molecule has 1 amide bonds. The molecule has 0 aliphatic rings. The Morgan fingerprint density at radius 3 is 2.46 bits per heavy atom. The van der Waals surface area contributed by atoms with Crippen molar-refractivity contribution in [3.8, 4) is 0 Å². The Hall–Kier alpha value is -2.49. The number of nitrogens with one attached hydrogen (secondary N) is 1. The summed E-state index contributed by atoms with van der Waals surface area (Å²) in [5.41, 5.74) is 4.92. The first-order valence-corrected chi connectivity index (χ1v) is 9.20. The van der Waals surface area contributed by atoms with Crippen LogP contribution in [0.3, 0.4) is 0 Å². The Balaban J connectivity index is 1.90. The first-order chi connectivity index (χ1) is 12.3. The van der Waals surface area contributed by atoms with E-state index >= 15 is 0 Å². The zero-order chi connectivity index (χ0) is 18.9. The van der Waals surface area contributed by atoms with Crippen LogP contribution in [-0.4, -0.2) is 17.0 Å². The summed E-state index contributed by atoms with van der Waals surface area (Å²) in [6.07, 6.45) is 1.67. The molecule has 0 unspecified atom stereocenters. The van der Waals surface area contributed by atoms with Crippen molar-refractivity contribution in [1.82, 2.24) is 9.88 Å². The van der Waals surface area contributed by atoms with Gasteiger partial charge in [-0.05, 0) is 22.5 Å². The molecule has 1 aromatic carbocycles. The number of nitrogens with zero attached hydrogens (tertiary/aromatic N) is 1. The molecule has 0 aliphatic heterocycles. The van der Waals surface area contributed by atoms with Crippen molar-refractivity contribution in [2.24, 2.45) is 5.92 Å². The minimum Gasteiger partial charge on any atom is -0.463 e. The van der Waals surface area contributed by atoms with Crippen LogP contribution in [0.2, 0.25) is 0 Å². The van der Waals surface area contributed by atoms with E-state index in [9.17, 15) is 4.79 Å². The lowest BCUT2D eigenvalue weighted by molar-refractivity contribution is 0.0940. The van der Waals surface area contributed by atoms with E-state index < -0.39 is 0 Å². The Bertz CT molecular complexity index is 893. The second-order valence-electron chi connectivity index (χ2n) is 8.34. The van der Waals surface area contributed by atoms with Gasteiger partial charge < -0.3 is 14.3 Å². The first kappa shape index (κ1) is 18.3. The monoisotopic (exact) mass is 352 g/mol. The predicted octanol–water partition coefficient (Wildman–Crippen LogP) is 4.97. The van der Waals surface area contributed by atoms with Gasteiger partial charge >= 0.3 is 0 Å². The lowest BCUT2D eigenvalue weighted by atomic mass is 9.87. The average molecular weight is 352 g/mol. The summed E-state index contributed by atoms with van der Waals surface area (Å²) in [5, 5.41) is 3.00. The van der Waals surface area contributed by atoms with E-state index in [1.54, 1.807) is 6.26 Å².